The second kappa shape index (κ2) is 4.58. The molecule has 0 aliphatic heterocycles. The molecule has 0 bridgehead atoms. The minimum atomic E-state index is 1.05. The fourth-order valence-corrected chi connectivity index (χ4v) is 2.77. The molecule has 0 spiro atoms. The molecule has 2 aromatic carbocycles. The highest BCUT2D eigenvalue weighted by Crippen LogP contribution is 2.38. The fourth-order valence-electron chi connectivity index (χ4n) is 2.77. The molecule has 0 saturated carbocycles. The van der Waals surface area contributed by atoms with Gasteiger partial charge in [0, 0.05) is 6.54 Å². The lowest BCUT2D eigenvalue weighted by molar-refractivity contribution is 0.345. The van der Waals surface area contributed by atoms with E-state index in [2.05, 4.69) is 61.3 Å². The standard InChI is InChI=1S/C17H19N/c1-3-18(2)12-14-8-6-10-16-15-9-5-4-7-13(15)11-17(14)16/h4-10H,3,11-12H2,1-2H3. The van der Waals surface area contributed by atoms with Crippen LogP contribution < -0.4 is 0 Å². The first-order valence-electron chi connectivity index (χ1n) is 6.67. The summed E-state index contributed by atoms with van der Waals surface area (Å²) in [6.07, 6.45) is 1.10. The van der Waals surface area contributed by atoms with Crippen molar-refractivity contribution in [2.75, 3.05) is 13.6 Å². The van der Waals surface area contributed by atoms with E-state index in [1.165, 1.54) is 27.8 Å². The van der Waals surface area contributed by atoms with Gasteiger partial charge in [-0.15, -0.1) is 0 Å². The molecule has 0 amide bonds. The van der Waals surface area contributed by atoms with Gasteiger partial charge in [-0.1, -0.05) is 49.4 Å². The van der Waals surface area contributed by atoms with Gasteiger partial charge < -0.3 is 4.90 Å². The number of hydrogen-bond donors (Lipinski definition) is 0. The Morgan fingerprint density at radius 1 is 1.00 bits per heavy atom. The van der Waals surface area contributed by atoms with E-state index >= 15 is 0 Å². The van der Waals surface area contributed by atoms with Gasteiger partial charge in [0.15, 0.2) is 0 Å². The summed E-state index contributed by atoms with van der Waals surface area (Å²) >= 11 is 0. The van der Waals surface area contributed by atoms with E-state index in [4.69, 9.17) is 0 Å². The van der Waals surface area contributed by atoms with Crippen molar-refractivity contribution in [2.24, 2.45) is 0 Å². The minimum absolute atomic E-state index is 1.05. The molecular weight excluding hydrogens is 218 g/mol. The van der Waals surface area contributed by atoms with Gasteiger partial charge in [-0.25, -0.2) is 0 Å². The molecule has 0 atom stereocenters. The molecule has 1 aliphatic rings. The maximum absolute atomic E-state index is 2.36. The van der Waals surface area contributed by atoms with Gasteiger partial charge in [0.05, 0.1) is 0 Å². The predicted molar refractivity (Wildman–Crippen MR) is 76.7 cm³/mol. The predicted octanol–water partition coefficient (Wildman–Crippen LogP) is 3.71. The zero-order valence-corrected chi connectivity index (χ0v) is 11.1. The smallest absolute Gasteiger partial charge is 0.0233 e. The van der Waals surface area contributed by atoms with E-state index in [1.807, 2.05) is 0 Å². The van der Waals surface area contributed by atoms with E-state index in [9.17, 15) is 0 Å². The van der Waals surface area contributed by atoms with Crippen molar-refractivity contribution in [3.05, 3.63) is 59.2 Å². The number of nitrogens with zero attached hydrogens (tertiary/aromatic N) is 1. The van der Waals surface area contributed by atoms with Gasteiger partial charge >= 0.3 is 0 Å². The molecule has 0 N–H and O–H groups in total. The van der Waals surface area contributed by atoms with E-state index < -0.39 is 0 Å². The van der Waals surface area contributed by atoms with Gasteiger partial charge in [-0.2, -0.15) is 0 Å². The van der Waals surface area contributed by atoms with Gasteiger partial charge in [0.1, 0.15) is 0 Å². The fraction of sp³-hybridized carbons (Fsp3) is 0.294. The quantitative estimate of drug-likeness (QED) is 0.671. The molecule has 0 heterocycles. The van der Waals surface area contributed by atoms with Crippen molar-refractivity contribution in [2.45, 2.75) is 19.9 Å². The lowest BCUT2D eigenvalue weighted by Gasteiger charge is -2.16. The summed E-state index contributed by atoms with van der Waals surface area (Å²) in [5.74, 6) is 0. The van der Waals surface area contributed by atoms with E-state index in [0.29, 0.717) is 0 Å². The van der Waals surface area contributed by atoms with Crippen molar-refractivity contribution < 1.29 is 0 Å². The van der Waals surface area contributed by atoms with Crippen LogP contribution in [-0.4, -0.2) is 18.5 Å². The van der Waals surface area contributed by atoms with Gasteiger partial charge in [0.25, 0.3) is 0 Å². The molecule has 1 nitrogen and oxygen atoms in total. The highest BCUT2D eigenvalue weighted by atomic mass is 15.1. The molecule has 1 heteroatoms. The molecule has 1 aliphatic carbocycles. The van der Waals surface area contributed by atoms with Crippen LogP contribution in [0.2, 0.25) is 0 Å². The van der Waals surface area contributed by atoms with Gasteiger partial charge in [0.2, 0.25) is 0 Å². The Balaban J connectivity index is 2.03. The third kappa shape index (κ3) is 1.85. The maximum atomic E-state index is 2.36. The van der Waals surface area contributed by atoms with E-state index in [1.54, 1.807) is 0 Å². The van der Waals surface area contributed by atoms with Crippen molar-refractivity contribution in [1.29, 1.82) is 0 Å². The Hall–Kier alpha value is -1.60. The largest absolute Gasteiger partial charge is 0.302 e. The topological polar surface area (TPSA) is 3.24 Å². The van der Waals surface area contributed by atoms with Crippen molar-refractivity contribution in [1.82, 2.24) is 4.90 Å². The highest BCUT2D eigenvalue weighted by molar-refractivity contribution is 5.77. The third-order valence-corrected chi connectivity index (χ3v) is 3.93. The Bertz CT molecular complexity index is 572. The van der Waals surface area contributed by atoms with Gasteiger partial charge in [-0.3, -0.25) is 0 Å². The lowest BCUT2D eigenvalue weighted by Crippen LogP contribution is -2.17. The second-order valence-corrected chi connectivity index (χ2v) is 5.11. The Kier molecular flexibility index (Phi) is 2.92. The summed E-state index contributed by atoms with van der Waals surface area (Å²) in [6.45, 7) is 4.35. The molecule has 0 unspecified atom stereocenters. The average molecular weight is 237 g/mol. The summed E-state index contributed by atoms with van der Waals surface area (Å²) in [7, 11) is 2.18. The van der Waals surface area contributed by atoms with Crippen molar-refractivity contribution >= 4 is 0 Å². The first-order chi connectivity index (χ1) is 8.79. The van der Waals surface area contributed by atoms with Crippen LogP contribution in [0.25, 0.3) is 11.1 Å². The Labute approximate surface area is 109 Å². The summed E-state index contributed by atoms with van der Waals surface area (Å²) in [4.78, 5) is 2.36. The molecule has 0 aromatic heterocycles. The number of hydrogen-bond acceptors (Lipinski definition) is 1. The molecule has 18 heavy (non-hydrogen) atoms. The molecule has 2 aromatic rings. The Morgan fingerprint density at radius 3 is 2.61 bits per heavy atom. The number of benzene rings is 2. The molecule has 0 saturated heterocycles. The first kappa shape index (κ1) is 11.5. The highest BCUT2D eigenvalue weighted by Gasteiger charge is 2.20. The number of rotatable bonds is 3. The van der Waals surface area contributed by atoms with Crippen LogP contribution >= 0.6 is 0 Å². The normalized spacial score (nSPS) is 12.6. The number of fused-ring (bicyclic) bond motifs is 3. The molecule has 0 fully saturated rings. The third-order valence-electron chi connectivity index (χ3n) is 3.93. The van der Waals surface area contributed by atoms with Crippen LogP contribution in [0.3, 0.4) is 0 Å². The SMILES string of the molecule is CCN(C)Cc1cccc2c1Cc1ccccc1-2. The summed E-state index contributed by atoms with van der Waals surface area (Å²) in [5, 5.41) is 0. The van der Waals surface area contributed by atoms with Crippen molar-refractivity contribution in [3.8, 4) is 11.1 Å². The van der Waals surface area contributed by atoms with E-state index in [0.717, 1.165) is 19.5 Å². The van der Waals surface area contributed by atoms with Gasteiger partial charge in [-0.05, 0) is 47.8 Å². The van der Waals surface area contributed by atoms with E-state index in [-0.39, 0.29) is 0 Å². The van der Waals surface area contributed by atoms with Crippen LogP contribution in [0.4, 0.5) is 0 Å². The second-order valence-electron chi connectivity index (χ2n) is 5.11. The van der Waals surface area contributed by atoms with Crippen LogP contribution in [0.5, 0.6) is 0 Å². The Morgan fingerprint density at radius 2 is 1.78 bits per heavy atom. The first-order valence-corrected chi connectivity index (χ1v) is 6.67. The molecule has 92 valence electrons. The van der Waals surface area contributed by atoms with Crippen LogP contribution in [0.15, 0.2) is 42.5 Å². The summed E-state index contributed by atoms with van der Waals surface area (Å²) in [5.41, 5.74) is 7.34. The van der Waals surface area contributed by atoms with Crippen molar-refractivity contribution in [3.63, 3.8) is 0 Å². The molecule has 0 radical (unpaired) electrons. The molecule has 3 rings (SSSR count). The van der Waals surface area contributed by atoms with Crippen LogP contribution in [0.1, 0.15) is 23.6 Å². The zero-order valence-electron chi connectivity index (χ0n) is 11.1. The summed E-state index contributed by atoms with van der Waals surface area (Å²) in [6, 6.07) is 15.5. The molecular formula is C17H19N. The van der Waals surface area contributed by atoms with Crippen LogP contribution in [-0.2, 0) is 13.0 Å². The minimum Gasteiger partial charge on any atom is -0.302 e. The lowest BCUT2D eigenvalue weighted by atomic mass is 10.0. The zero-order chi connectivity index (χ0) is 12.5. The maximum Gasteiger partial charge on any atom is 0.0233 e. The monoisotopic (exact) mass is 237 g/mol. The summed E-state index contributed by atoms with van der Waals surface area (Å²) < 4.78 is 0. The van der Waals surface area contributed by atoms with Crippen LogP contribution in [0, 0.1) is 0 Å². The average Bonchev–Trinajstić information content (AvgIpc) is 2.78.